The minimum absolute atomic E-state index is 0.0756. The number of hydrogen-bond donors (Lipinski definition) is 2. The van der Waals surface area contributed by atoms with Gasteiger partial charge in [-0.1, -0.05) is 24.3 Å². The molecular formula is C20H15F3N4O. The van der Waals surface area contributed by atoms with Crippen LogP contribution >= 0.6 is 0 Å². The maximum atomic E-state index is 13.3. The van der Waals surface area contributed by atoms with Gasteiger partial charge in [0.05, 0.1) is 5.56 Å². The minimum atomic E-state index is -4.45. The summed E-state index contributed by atoms with van der Waals surface area (Å²) in [5.74, 6) is -0.325. The smallest absolute Gasteiger partial charge is 0.354 e. The fraction of sp³-hybridized carbons (Fsp3) is 0.100. The quantitative estimate of drug-likeness (QED) is 0.531. The number of nitrogens with zero attached hydrogens (tertiary/aromatic N) is 2. The van der Waals surface area contributed by atoms with Crippen molar-refractivity contribution in [2.75, 3.05) is 5.32 Å². The molecule has 0 fully saturated rings. The highest BCUT2D eigenvalue weighted by Gasteiger charge is 2.33. The van der Waals surface area contributed by atoms with Crippen molar-refractivity contribution in [3.8, 4) is 11.3 Å². The van der Waals surface area contributed by atoms with Crippen LogP contribution in [0.4, 0.5) is 18.9 Å². The average Bonchev–Trinajstić information content (AvgIpc) is 3.26. The van der Waals surface area contributed by atoms with Gasteiger partial charge in [0.2, 0.25) is 0 Å². The number of aromatic nitrogens is 3. The topological polar surface area (TPSA) is 62.7 Å². The van der Waals surface area contributed by atoms with E-state index in [0.29, 0.717) is 22.6 Å². The molecule has 0 aliphatic carbocycles. The van der Waals surface area contributed by atoms with Crippen LogP contribution < -0.4 is 5.32 Å². The number of rotatable bonds is 3. The molecule has 2 aromatic heterocycles. The van der Waals surface area contributed by atoms with Crippen LogP contribution in [-0.2, 0) is 13.2 Å². The summed E-state index contributed by atoms with van der Waals surface area (Å²) in [7, 11) is 1.66. The Bertz CT molecular complexity index is 1170. The molecule has 0 bridgehead atoms. The van der Waals surface area contributed by atoms with Crippen LogP contribution in [0.3, 0.4) is 0 Å². The van der Waals surface area contributed by atoms with Gasteiger partial charge in [-0.2, -0.15) is 18.3 Å². The normalized spacial score (nSPS) is 11.7. The van der Waals surface area contributed by atoms with E-state index in [0.717, 1.165) is 11.5 Å². The third kappa shape index (κ3) is 3.24. The molecule has 0 aliphatic rings. The molecule has 2 N–H and O–H groups in total. The number of carbonyl (C=O) groups is 1. The van der Waals surface area contributed by atoms with E-state index in [4.69, 9.17) is 0 Å². The molecule has 28 heavy (non-hydrogen) atoms. The SMILES string of the molecule is Cn1nccc1C(=O)Nc1ccc2cc(-c3ccccc3C(F)(F)F)[nH]c2c1. The van der Waals surface area contributed by atoms with Crippen LogP contribution in [0.25, 0.3) is 22.2 Å². The summed E-state index contributed by atoms with van der Waals surface area (Å²) in [5, 5.41) is 7.46. The summed E-state index contributed by atoms with van der Waals surface area (Å²) in [6.07, 6.45) is -2.93. The molecule has 0 atom stereocenters. The lowest BCUT2D eigenvalue weighted by Gasteiger charge is -2.11. The largest absolute Gasteiger partial charge is 0.417 e. The zero-order valence-corrected chi connectivity index (χ0v) is 14.7. The molecule has 2 aromatic carbocycles. The lowest BCUT2D eigenvalue weighted by molar-refractivity contribution is -0.137. The molecule has 0 aliphatic heterocycles. The molecule has 8 heteroatoms. The van der Waals surface area contributed by atoms with Gasteiger partial charge in [0.15, 0.2) is 0 Å². The molecular weight excluding hydrogens is 369 g/mol. The van der Waals surface area contributed by atoms with E-state index in [1.165, 1.54) is 23.0 Å². The Morgan fingerprint density at radius 2 is 1.89 bits per heavy atom. The third-order valence-electron chi connectivity index (χ3n) is 4.46. The Morgan fingerprint density at radius 3 is 2.61 bits per heavy atom. The van der Waals surface area contributed by atoms with Crippen LogP contribution in [0.1, 0.15) is 16.1 Å². The van der Waals surface area contributed by atoms with E-state index >= 15 is 0 Å². The second-order valence-corrected chi connectivity index (χ2v) is 6.32. The number of hydrogen-bond acceptors (Lipinski definition) is 2. The van der Waals surface area contributed by atoms with E-state index in [9.17, 15) is 18.0 Å². The lowest BCUT2D eigenvalue weighted by Crippen LogP contribution is -2.15. The number of anilines is 1. The summed E-state index contributed by atoms with van der Waals surface area (Å²) in [6, 6.07) is 13.8. The first-order valence-electron chi connectivity index (χ1n) is 8.41. The number of fused-ring (bicyclic) bond motifs is 1. The van der Waals surface area contributed by atoms with Gasteiger partial charge in [-0.05, 0) is 30.3 Å². The number of halogens is 3. The Morgan fingerprint density at radius 1 is 1.11 bits per heavy atom. The van der Waals surface area contributed by atoms with Crippen LogP contribution in [-0.4, -0.2) is 20.7 Å². The van der Waals surface area contributed by atoms with Crippen molar-refractivity contribution >= 4 is 22.5 Å². The van der Waals surface area contributed by atoms with E-state index < -0.39 is 11.7 Å². The molecule has 4 aromatic rings. The standard InChI is InChI=1S/C20H15F3N4O/c1-27-18(8-9-24-27)19(28)25-13-7-6-12-10-17(26-16(12)11-13)14-4-2-3-5-15(14)20(21,22)23/h2-11,26H,1H3,(H,25,28). The number of carbonyl (C=O) groups excluding carboxylic acids is 1. The molecule has 4 rings (SSSR count). The lowest BCUT2D eigenvalue weighted by atomic mass is 10.0. The Kier molecular flexibility index (Phi) is 4.18. The zero-order valence-electron chi connectivity index (χ0n) is 14.7. The fourth-order valence-corrected chi connectivity index (χ4v) is 3.11. The molecule has 0 spiro atoms. The Hall–Kier alpha value is -3.55. The van der Waals surface area contributed by atoms with Gasteiger partial charge in [-0.25, -0.2) is 0 Å². The predicted molar refractivity (Wildman–Crippen MR) is 99.9 cm³/mol. The molecule has 0 saturated heterocycles. The number of aromatic amines is 1. The summed E-state index contributed by atoms with van der Waals surface area (Å²) in [5.41, 5.74) is 1.27. The van der Waals surface area contributed by atoms with Crippen molar-refractivity contribution < 1.29 is 18.0 Å². The molecule has 2 heterocycles. The van der Waals surface area contributed by atoms with E-state index in [2.05, 4.69) is 15.4 Å². The molecule has 1 amide bonds. The van der Waals surface area contributed by atoms with Crippen LogP contribution in [0.15, 0.2) is 60.8 Å². The van der Waals surface area contributed by atoms with Crippen molar-refractivity contribution in [3.05, 3.63) is 72.1 Å². The first kappa shape index (κ1) is 17.8. The number of alkyl halides is 3. The zero-order chi connectivity index (χ0) is 19.9. The number of aryl methyl sites for hydroxylation is 1. The van der Waals surface area contributed by atoms with Gasteiger partial charge in [0, 0.05) is 41.1 Å². The second kappa shape index (κ2) is 6.56. The highest BCUT2D eigenvalue weighted by atomic mass is 19.4. The number of benzene rings is 2. The van der Waals surface area contributed by atoms with Crippen molar-refractivity contribution in [2.24, 2.45) is 7.05 Å². The molecule has 0 radical (unpaired) electrons. The molecule has 5 nitrogen and oxygen atoms in total. The van der Waals surface area contributed by atoms with E-state index in [1.807, 2.05) is 0 Å². The first-order chi connectivity index (χ1) is 13.3. The number of nitrogens with one attached hydrogen (secondary N) is 2. The van der Waals surface area contributed by atoms with Crippen LogP contribution in [0.5, 0.6) is 0 Å². The van der Waals surface area contributed by atoms with Crippen LogP contribution in [0.2, 0.25) is 0 Å². The van der Waals surface area contributed by atoms with E-state index in [1.54, 1.807) is 43.4 Å². The van der Waals surface area contributed by atoms with Gasteiger partial charge in [-0.15, -0.1) is 0 Å². The highest BCUT2D eigenvalue weighted by Crippen LogP contribution is 2.37. The minimum Gasteiger partial charge on any atom is -0.354 e. The average molecular weight is 384 g/mol. The predicted octanol–water partition coefficient (Wildman–Crippen LogP) is 4.84. The van der Waals surface area contributed by atoms with E-state index in [-0.39, 0.29) is 11.5 Å². The van der Waals surface area contributed by atoms with Crippen LogP contribution in [0, 0.1) is 0 Å². The summed E-state index contributed by atoms with van der Waals surface area (Å²) in [6.45, 7) is 0. The number of amides is 1. The van der Waals surface area contributed by atoms with Gasteiger partial charge >= 0.3 is 6.18 Å². The van der Waals surface area contributed by atoms with Crippen molar-refractivity contribution in [1.29, 1.82) is 0 Å². The summed E-state index contributed by atoms with van der Waals surface area (Å²) in [4.78, 5) is 15.3. The third-order valence-corrected chi connectivity index (χ3v) is 4.46. The maximum Gasteiger partial charge on any atom is 0.417 e. The van der Waals surface area contributed by atoms with Crippen molar-refractivity contribution in [2.45, 2.75) is 6.18 Å². The maximum absolute atomic E-state index is 13.3. The molecule has 0 unspecified atom stereocenters. The molecule has 142 valence electrons. The van der Waals surface area contributed by atoms with Crippen molar-refractivity contribution in [1.82, 2.24) is 14.8 Å². The first-order valence-corrected chi connectivity index (χ1v) is 8.41. The van der Waals surface area contributed by atoms with Gasteiger partial charge in [-0.3, -0.25) is 9.48 Å². The summed E-state index contributed by atoms with van der Waals surface area (Å²) >= 11 is 0. The number of H-pyrrole nitrogens is 1. The highest BCUT2D eigenvalue weighted by molar-refractivity contribution is 6.04. The van der Waals surface area contributed by atoms with Gasteiger partial charge in [0.25, 0.3) is 5.91 Å². The molecule has 0 saturated carbocycles. The van der Waals surface area contributed by atoms with Gasteiger partial charge < -0.3 is 10.3 Å². The fourth-order valence-electron chi connectivity index (χ4n) is 3.11. The Balaban J connectivity index is 1.68. The second-order valence-electron chi connectivity index (χ2n) is 6.32. The summed E-state index contributed by atoms with van der Waals surface area (Å²) < 4.78 is 41.3. The van der Waals surface area contributed by atoms with Gasteiger partial charge in [0.1, 0.15) is 5.69 Å². The van der Waals surface area contributed by atoms with Crippen molar-refractivity contribution in [3.63, 3.8) is 0 Å². The monoisotopic (exact) mass is 384 g/mol. The Labute approximate surface area is 157 Å².